The van der Waals surface area contributed by atoms with Crippen LogP contribution in [0.1, 0.15) is 66.2 Å². The Morgan fingerprint density at radius 1 is 0.818 bits per heavy atom. The van der Waals surface area contributed by atoms with Crippen LogP contribution in [-0.4, -0.2) is 35.7 Å². The second-order valence-corrected chi connectivity index (χ2v) is 7.87. The first-order valence-corrected chi connectivity index (χ1v) is 10.6. The van der Waals surface area contributed by atoms with Crippen LogP contribution in [0.15, 0.2) is 0 Å². The van der Waals surface area contributed by atoms with Crippen LogP contribution in [0.5, 0.6) is 0 Å². The van der Waals surface area contributed by atoms with Gasteiger partial charge >= 0.3 is 11.9 Å². The summed E-state index contributed by atoms with van der Waals surface area (Å²) in [4.78, 5) is 23.2. The standard InChI is InChI=1S/C16H30O4S2/c1-5-7-9-13(3)19-15(17)11-21-22-12-16(18)20-14(4)10-8-6-2/h13-14H,5-12H2,1-4H3. The van der Waals surface area contributed by atoms with Gasteiger partial charge in [0.15, 0.2) is 0 Å². The summed E-state index contributed by atoms with van der Waals surface area (Å²) < 4.78 is 10.6. The molecule has 0 aromatic rings. The summed E-state index contributed by atoms with van der Waals surface area (Å²) in [6.07, 6.45) is 6.10. The molecule has 22 heavy (non-hydrogen) atoms. The molecule has 0 fully saturated rings. The first-order valence-electron chi connectivity index (χ1n) is 8.12. The topological polar surface area (TPSA) is 52.6 Å². The van der Waals surface area contributed by atoms with Gasteiger partial charge in [-0.2, -0.15) is 0 Å². The average Bonchev–Trinajstić information content (AvgIpc) is 2.47. The summed E-state index contributed by atoms with van der Waals surface area (Å²) in [6.45, 7) is 8.06. The zero-order valence-corrected chi connectivity index (χ0v) is 15.9. The van der Waals surface area contributed by atoms with E-state index in [1.165, 1.54) is 21.6 Å². The minimum absolute atomic E-state index is 0.0255. The Morgan fingerprint density at radius 3 is 1.50 bits per heavy atom. The third kappa shape index (κ3) is 13.3. The van der Waals surface area contributed by atoms with Crippen molar-refractivity contribution in [2.75, 3.05) is 11.5 Å². The van der Waals surface area contributed by atoms with Crippen molar-refractivity contribution in [3.8, 4) is 0 Å². The Morgan fingerprint density at radius 2 is 1.18 bits per heavy atom. The van der Waals surface area contributed by atoms with Crippen molar-refractivity contribution < 1.29 is 19.1 Å². The molecule has 0 saturated heterocycles. The van der Waals surface area contributed by atoms with E-state index in [0.717, 1.165) is 38.5 Å². The zero-order valence-electron chi connectivity index (χ0n) is 14.3. The van der Waals surface area contributed by atoms with E-state index >= 15 is 0 Å². The van der Waals surface area contributed by atoms with Crippen molar-refractivity contribution in [3.63, 3.8) is 0 Å². The largest absolute Gasteiger partial charge is 0.462 e. The first-order chi connectivity index (χ1) is 10.5. The third-order valence-electron chi connectivity index (χ3n) is 3.03. The molecule has 130 valence electrons. The van der Waals surface area contributed by atoms with Crippen molar-refractivity contribution >= 4 is 33.5 Å². The van der Waals surface area contributed by atoms with Gasteiger partial charge in [-0.25, -0.2) is 0 Å². The van der Waals surface area contributed by atoms with Crippen LogP contribution in [0.25, 0.3) is 0 Å². The third-order valence-corrected chi connectivity index (χ3v) is 5.11. The minimum atomic E-state index is -0.217. The van der Waals surface area contributed by atoms with E-state index in [1.54, 1.807) is 0 Å². The van der Waals surface area contributed by atoms with E-state index < -0.39 is 0 Å². The number of hydrogen-bond donors (Lipinski definition) is 0. The van der Waals surface area contributed by atoms with Crippen molar-refractivity contribution in [1.82, 2.24) is 0 Å². The predicted molar refractivity (Wildman–Crippen MR) is 95.1 cm³/mol. The molecule has 0 radical (unpaired) electrons. The highest BCUT2D eigenvalue weighted by molar-refractivity contribution is 8.77. The van der Waals surface area contributed by atoms with Gasteiger partial charge in [0.1, 0.15) is 11.5 Å². The summed E-state index contributed by atoms with van der Waals surface area (Å²) in [5.74, 6) is 0.0936. The van der Waals surface area contributed by atoms with Crippen LogP contribution in [0.3, 0.4) is 0 Å². The van der Waals surface area contributed by atoms with Gasteiger partial charge in [-0.1, -0.05) is 61.1 Å². The average molecular weight is 351 g/mol. The molecule has 0 saturated carbocycles. The molecule has 0 aliphatic heterocycles. The summed E-state index contributed by atoms with van der Waals surface area (Å²) in [6, 6.07) is 0. The lowest BCUT2D eigenvalue weighted by atomic mass is 10.2. The normalized spacial score (nSPS) is 13.5. The van der Waals surface area contributed by atoms with Crippen LogP contribution in [-0.2, 0) is 19.1 Å². The van der Waals surface area contributed by atoms with Gasteiger partial charge in [-0.3, -0.25) is 9.59 Å². The number of carbonyl (C=O) groups excluding carboxylic acids is 2. The lowest BCUT2D eigenvalue weighted by Gasteiger charge is -2.13. The van der Waals surface area contributed by atoms with Gasteiger partial charge in [0.25, 0.3) is 0 Å². The molecule has 2 unspecified atom stereocenters. The van der Waals surface area contributed by atoms with E-state index in [-0.39, 0.29) is 35.7 Å². The molecular weight excluding hydrogens is 320 g/mol. The van der Waals surface area contributed by atoms with Gasteiger partial charge in [-0.05, 0) is 26.7 Å². The molecule has 0 rings (SSSR count). The molecule has 6 heteroatoms. The highest BCUT2D eigenvalue weighted by Crippen LogP contribution is 2.22. The Balaban J connectivity index is 3.62. The van der Waals surface area contributed by atoms with E-state index in [4.69, 9.17) is 9.47 Å². The maximum Gasteiger partial charge on any atom is 0.317 e. The molecule has 0 spiro atoms. The van der Waals surface area contributed by atoms with Gasteiger partial charge < -0.3 is 9.47 Å². The maximum atomic E-state index is 11.6. The number of carbonyl (C=O) groups is 2. The summed E-state index contributed by atoms with van der Waals surface area (Å²) in [7, 11) is 2.68. The highest BCUT2D eigenvalue weighted by atomic mass is 33.1. The highest BCUT2D eigenvalue weighted by Gasteiger charge is 2.12. The molecule has 0 aliphatic rings. The number of ether oxygens (including phenoxy) is 2. The van der Waals surface area contributed by atoms with Crippen molar-refractivity contribution in [2.24, 2.45) is 0 Å². The van der Waals surface area contributed by atoms with Gasteiger partial charge in [0.2, 0.25) is 0 Å². The van der Waals surface area contributed by atoms with Crippen molar-refractivity contribution in [2.45, 2.75) is 78.4 Å². The van der Waals surface area contributed by atoms with Gasteiger partial charge in [0.05, 0.1) is 12.2 Å². The molecule has 2 atom stereocenters. The fraction of sp³-hybridized carbons (Fsp3) is 0.875. The Labute approximate surface area is 142 Å². The monoisotopic (exact) mass is 350 g/mol. The van der Waals surface area contributed by atoms with Crippen LogP contribution >= 0.6 is 21.6 Å². The first kappa shape index (κ1) is 21.6. The van der Waals surface area contributed by atoms with Crippen LogP contribution in [0, 0.1) is 0 Å². The Bertz CT molecular complexity index is 281. The SMILES string of the molecule is CCCCC(C)OC(=O)CSSCC(=O)OC(C)CCCC. The number of unbranched alkanes of at least 4 members (excludes halogenated alkanes) is 2. The molecule has 0 heterocycles. The second-order valence-electron chi connectivity index (χ2n) is 5.41. The van der Waals surface area contributed by atoms with Crippen LogP contribution in [0.4, 0.5) is 0 Å². The minimum Gasteiger partial charge on any atom is -0.462 e. The Kier molecular flexibility index (Phi) is 14.0. The fourth-order valence-electron chi connectivity index (χ4n) is 1.80. The van der Waals surface area contributed by atoms with Gasteiger partial charge in [0, 0.05) is 0 Å². The quantitative estimate of drug-likeness (QED) is 0.275. The Hall–Kier alpha value is -0.360. The summed E-state index contributed by atoms with van der Waals surface area (Å²) in [5.41, 5.74) is 0. The molecule has 0 aromatic heterocycles. The molecule has 0 aromatic carbocycles. The fourth-order valence-corrected chi connectivity index (χ4v) is 3.37. The molecule has 0 bridgehead atoms. The van der Waals surface area contributed by atoms with Crippen molar-refractivity contribution in [1.29, 1.82) is 0 Å². The van der Waals surface area contributed by atoms with Crippen LogP contribution in [0.2, 0.25) is 0 Å². The molecule has 0 N–H and O–H groups in total. The summed E-state index contributed by atoms with van der Waals surface area (Å²) in [5, 5.41) is 0. The lowest BCUT2D eigenvalue weighted by Crippen LogP contribution is -2.17. The van der Waals surface area contributed by atoms with E-state index in [2.05, 4.69) is 13.8 Å². The van der Waals surface area contributed by atoms with E-state index in [1.807, 2.05) is 13.8 Å². The molecule has 0 amide bonds. The zero-order chi connectivity index (χ0) is 16.8. The maximum absolute atomic E-state index is 11.6. The smallest absolute Gasteiger partial charge is 0.317 e. The number of rotatable bonds is 13. The molecule has 4 nitrogen and oxygen atoms in total. The van der Waals surface area contributed by atoms with E-state index in [0.29, 0.717) is 0 Å². The number of hydrogen-bond acceptors (Lipinski definition) is 6. The van der Waals surface area contributed by atoms with Crippen molar-refractivity contribution in [3.05, 3.63) is 0 Å². The predicted octanol–water partition coefficient (Wildman–Crippen LogP) is 4.61. The molecule has 0 aliphatic carbocycles. The number of esters is 2. The second kappa shape index (κ2) is 14.2. The van der Waals surface area contributed by atoms with E-state index in [9.17, 15) is 9.59 Å². The molecular formula is C16H30O4S2. The lowest BCUT2D eigenvalue weighted by molar-refractivity contribution is -0.146. The van der Waals surface area contributed by atoms with Crippen LogP contribution < -0.4 is 0 Å². The summed E-state index contributed by atoms with van der Waals surface area (Å²) >= 11 is 0. The van der Waals surface area contributed by atoms with Gasteiger partial charge in [-0.15, -0.1) is 0 Å².